The molecule has 5 heteroatoms. The number of carbonyl (C=O) groups excluding carboxylic acids is 1. The van der Waals surface area contributed by atoms with E-state index in [0.29, 0.717) is 10.8 Å². The van der Waals surface area contributed by atoms with Crippen molar-refractivity contribution >= 4 is 17.5 Å². The highest BCUT2D eigenvalue weighted by molar-refractivity contribution is 6.30. The van der Waals surface area contributed by atoms with Gasteiger partial charge >= 0.3 is 0 Å². The fraction of sp³-hybridized carbons (Fsp3) is 0.286. The molecule has 0 bridgehead atoms. The predicted octanol–water partition coefficient (Wildman–Crippen LogP) is 3.26. The number of aryl methyl sites for hydroxylation is 2. The summed E-state index contributed by atoms with van der Waals surface area (Å²) in [6, 6.07) is 8.81. The van der Waals surface area contributed by atoms with Crippen LogP contribution in [0, 0.1) is 13.8 Å². The molecule has 0 amide bonds. The highest BCUT2D eigenvalue weighted by Gasteiger charge is 2.19. The van der Waals surface area contributed by atoms with E-state index >= 15 is 0 Å². The van der Waals surface area contributed by atoms with Crippen molar-refractivity contribution < 1.29 is 9.53 Å². The molecule has 4 nitrogen and oxygen atoms in total. The fourth-order valence-corrected chi connectivity index (χ4v) is 2.00. The largest absolute Gasteiger partial charge is 0.481 e. The van der Waals surface area contributed by atoms with E-state index < -0.39 is 6.10 Å². The Labute approximate surface area is 116 Å². The highest BCUT2D eigenvalue weighted by Crippen LogP contribution is 2.18. The number of aromatic nitrogens is 2. The summed E-state index contributed by atoms with van der Waals surface area (Å²) in [5, 5.41) is 4.72. The predicted molar refractivity (Wildman–Crippen MR) is 73.9 cm³/mol. The molecule has 0 N–H and O–H groups in total. The molecule has 100 valence electrons. The Kier molecular flexibility index (Phi) is 3.90. The van der Waals surface area contributed by atoms with Crippen LogP contribution in [0.15, 0.2) is 30.3 Å². The van der Waals surface area contributed by atoms with Crippen LogP contribution in [0.3, 0.4) is 0 Å². The fourth-order valence-electron chi connectivity index (χ4n) is 1.82. The second kappa shape index (κ2) is 5.45. The molecule has 0 saturated heterocycles. The lowest BCUT2D eigenvalue weighted by molar-refractivity contribution is 0.0707. The summed E-state index contributed by atoms with van der Waals surface area (Å²) in [7, 11) is 0. The molecule has 19 heavy (non-hydrogen) atoms. The van der Waals surface area contributed by atoms with E-state index in [4.69, 9.17) is 16.3 Å². The number of hydrogen-bond acceptors (Lipinski definition) is 3. The molecule has 0 spiro atoms. The number of ether oxygens (including phenoxy) is 1. The van der Waals surface area contributed by atoms with Gasteiger partial charge in [-0.05, 0) is 45.0 Å². The molecule has 1 atom stereocenters. The molecule has 1 heterocycles. The van der Waals surface area contributed by atoms with Gasteiger partial charge in [-0.15, -0.1) is 0 Å². The van der Waals surface area contributed by atoms with Gasteiger partial charge in [-0.2, -0.15) is 5.10 Å². The first-order valence-electron chi connectivity index (χ1n) is 5.97. The quantitative estimate of drug-likeness (QED) is 0.865. The molecule has 0 saturated carbocycles. The van der Waals surface area contributed by atoms with E-state index in [1.54, 1.807) is 31.2 Å². The van der Waals surface area contributed by atoms with E-state index in [2.05, 4.69) is 5.10 Å². The molecule has 2 rings (SSSR count). The van der Waals surface area contributed by atoms with Crippen LogP contribution in [0.25, 0.3) is 0 Å². The highest BCUT2D eigenvalue weighted by atomic mass is 35.5. The molecule has 0 unspecified atom stereocenters. The van der Waals surface area contributed by atoms with Crippen molar-refractivity contribution in [2.75, 3.05) is 0 Å². The zero-order chi connectivity index (χ0) is 14.0. The summed E-state index contributed by atoms with van der Waals surface area (Å²) in [5.41, 5.74) is 1.60. The van der Waals surface area contributed by atoms with Crippen molar-refractivity contribution in [3.63, 3.8) is 0 Å². The third-order valence-corrected chi connectivity index (χ3v) is 2.91. The SMILES string of the molecule is Cc1cc(C)n(C(=O)[C@H](C)Oc2cccc(Cl)c2)n1. The monoisotopic (exact) mass is 278 g/mol. The van der Waals surface area contributed by atoms with E-state index in [1.807, 2.05) is 19.9 Å². The lowest BCUT2D eigenvalue weighted by Gasteiger charge is -2.14. The molecule has 0 aliphatic heterocycles. The van der Waals surface area contributed by atoms with Crippen LogP contribution < -0.4 is 4.74 Å². The van der Waals surface area contributed by atoms with Gasteiger partial charge in [-0.25, -0.2) is 4.68 Å². The standard InChI is InChI=1S/C14H15ClN2O2/c1-9-7-10(2)17(16-9)14(18)11(3)19-13-6-4-5-12(15)8-13/h4-8,11H,1-3H3/t11-/m0/s1. The van der Waals surface area contributed by atoms with E-state index in [9.17, 15) is 4.79 Å². The van der Waals surface area contributed by atoms with Gasteiger partial charge in [-0.3, -0.25) is 4.79 Å². The summed E-state index contributed by atoms with van der Waals surface area (Å²) in [5.74, 6) is 0.362. The van der Waals surface area contributed by atoms with Crippen molar-refractivity contribution in [2.45, 2.75) is 26.9 Å². The van der Waals surface area contributed by atoms with Gasteiger partial charge in [0, 0.05) is 10.7 Å². The summed E-state index contributed by atoms with van der Waals surface area (Å²) >= 11 is 5.87. The Bertz CT molecular complexity index is 607. The molecule has 0 aliphatic rings. The van der Waals surface area contributed by atoms with Crippen LogP contribution in [0.4, 0.5) is 0 Å². The van der Waals surface area contributed by atoms with Crippen molar-refractivity contribution in [2.24, 2.45) is 0 Å². The average Bonchev–Trinajstić information content (AvgIpc) is 2.67. The second-order valence-corrected chi connectivity index (χ2v) is 4.83. The van der Waals surface area contributed by atoms with E-state index in [0.717, 1.165) is 11.4 Å². The van der Waals surface area contributed by atoms with Crippen molar-refractivity contribution in [1.29, 1.82) is 0 Å². The number of hydrogen-bond donors (Lipinski definition) is 0. The van der Waals surface area contributed by atoms with Crippen LogP contribution in [-0.4, -0.2) is 21.8 Å². The first-order valence-corrected chi connectivity index (χ1v) is 6.35. The second-order valence-electron chi connectivity index (χ2n) is 4.39. The zero-order valence-electron chi connectivity index (χ0n) is 11.1. The first-order chi connectivity index (χ1) is 8.97. The number of carbonyl (C=O) groups is 1. The van der Waals surface area contributed by atoms with Crippen LogP contribution in [0.1, 0.15) is 23.1 Å². The molecular formula is C14H15ClN2O2. The van der Waals surface area contributed by atoms with Crippen LogP contribution in [0.2, 0.25) is 5.02 Å². The molecular weight excluding hydrogens is 264 g/mol. The Morgan fingerprint density at radius 3 is 2.68 bits per heavy atom. The Balaban J connectivity index is 2.14. The maximum absolute atomic E-state index is 12.2. The third-order valence-electron chi connectivity index (χ3n) is 2.68. The Morgan fingerprint density at radius 2 is 2.11 bits per heavy atom. The maximum atomic E-state index is 12.2. The Hall–Kier alpha value is -1.81. The van der Waals surface area contributed by atoms with Crippen molar-refractivity contribution in [1.82, 2.24) is 9.78 Å². The minimum Gasteiger partial charge on any atom is -0.481 e. The van der Waals surface area contributed by atoms with Gasteiger partial charge in [-0.1, -0.05) is 17.7 Å². The molecule has 1 aromatic heterocycles. The number of rotatable bonds is 3. The smallest absolute Gasteiger partial charge is 0.287 e. The van der Waals surface area contributed by atoms with E-state index in [-0.39, 0.29) is 5.91 Å². The molecule has 1 aromatic carbocycles. The van der Waals surface area contributed by atoms with Crippen LogP contribution in [0.5, 0.6) is 5.75 Å². The van der Waals surface area contributed by atoms with Gasteiger partial charge in [0.15, 0.2) is 6.10 Å². The van der Waals surface area contributed by atoms with Crippen molar-refractivity contribution in [3.8, 4) is 5.75 Å². The number of halogens is 1. The van der Waals surface area contributed by atoms with Gasteiger partial charge in [0.2, 0.25) is 0 Å². The summed E-state index contributed by atoms with van der Waals surface area (Å²) in [4.78, 5) is 12.2. The van der Waals surface area contributed by atoms with Gasteiger partial charge in [0.1, 0.15) is 5.75 Å². The molecule has 0 aliphatic carbocycles. The topological polar surface area (TPSA) is 44.1 Å². The lowest BCUT2D eigenvalue weighted by atomic mass is 10.3. The third kappa shape index (κ3) is 3.15. The summed E-state index contributed by atoms with van der Waals surface area (Å²) < 4.78 is 6.95. The van der Waals surface area contributed by atoms with Gasteiger partial charge < -0.3 is 4.74 Å². The number of benzene rings is 1. The minimum atomic E-state index is -0.628. The molecule has 2 aromatic rings. The van der Waals surface area contributed by atoms with Crippen molar-refractivity contribution in [3.05, 3.63) is 46.7 Å². The number of nitrogens with zero attached hydrogens (tertiary/aromatic N) is 2. The Morgan fingerprint density at radius 1 is 1.37 bits per heavy atom. The molecule has 0 radical (unpaired) electrons. The first kappa shape index (κ1) is 13.6. The lowest BCUT2D eigenvalue weighted by Crippen LogP contribution is -2.30. The molecule has 0 fully saturated rings. The summed E-state index contributed by atoms with van der Waals surface area (Å²) in [6.45, 7) is 5.38. The van der Waals surface area contributed by atoms with E-state index in [1.165, 1.54) is 4.68 Å². The average molecular weight is 279 g/mol. The van der Waals surface area contributed by atoms with Gasteiger partial charge in [0.05, 0.1) is 5.69 Å². The minimum absolute atomic E-state index is 0.203. The zero-order valence-corrected chi connectivity index (χ0v) is 11.8. The normalized spacial score (nSPS) is 12.2. The maximum Gasteiger partial charge on any atom is 0.287 e. The van der Waals surface area contributed by atoms with Gasteiger partial charge in [0.25, 0.3) is 5.91 Å². The van der Waals surface area contributed by atoms with Crippen LogP contribution in [-0.2, 0) is 0 Å². The van der Waals surface area contributed by atoms with Crippen LogP contribution >= 0.6 is 11.6 Å². The summed E-state index contributed by atoms with van der Waals surface area (Å²) in [6.07, 6.45) is -0.628.